The smallest absolute Gasteiger partial charge is 0.345 e. The summed E-state index contributed by atoms with van der Waals surface area (Å²) in [5.41, 5.74) is 1.06. The maximum Gasteiger partial charge on any atom is 0.345 e. The van der Waals surface area contributed by atoms with E-state index >= 15 is 0 Å². The van der Waals surface area contributed by atoms with Crippen molar-refractivity contribution < 1.29 is 23.8 Å². The molecule has 1 fully saturated rings. The summed E-state index contributed by atoms with van der Waals surface area (Å²) in [7, 11) is 0. The van der Waals surface area contributed by atoms with Crippen molar-refractivity contribution in [3.8, 4) is 0 Å². The molecule has 5 nitrogen and oxygen atoms in total. The molecule has 4 rings (SSSR count). The number of fused-ring (bicyclic) bond motifs is 2. The molecular weight excluding hydrogens is 381 g/mol. The lowest BCUT2D eigenvalue weighted by Gasteiger charge is -2.44. The number of aryl methyl sites for hydroxylation is 1. The van der Waals surface area contributed by atoms with E-state index in [4.69, 9.17) is 4.74 Å². The molecule has 1 aromatic heterocycles. The van der Waals surface area contributed by atoms with Gasteiger partial charge in [-0.3, -0.25) is 4.79 Å². The molecule has 0 radical (unpaired) electrons. The molecule has 1 spiro atoms. The van der Waals surface area contributed by atoms with Crippen molar-refractivity contribution in [3.05, 3.63) is 57.0 Å². The summed E-state index contributed by atoms with van der Waals surface area (Å²) in [6.07, 6.45) is 2.71. The van der Waals surface area contributed by atoms with Gasteiger partial charge >= 0.3 is 5.97 Å². The van der Waals surface area contributed by atoms with Gasteiger partial charge in [-0.2, -0.15) is 0 Å². The molecule has 1 N–H and O–H groups in total. The maximum absolute atomic E-state index is 13.7. The highest BCUT2D eigenvalue weighted by Crippen LogP contribution is 2.44. The molecule has 2 aromatic rings. The summed E-state index contributed by atoms with van der Waals surface area (Å²) < 4.78 is 19.9. The lowest BCUT2D eigenvalue weighted by atomic mass is 9.82. The average Bonchev–Trinajstić information content (AvgIpc) is 3.14. The number of halogens is 1. The monoisotopic (exact) mass is 403 g/mol. The fourth-order valence-corrected chi connectivity index (χ4v) is 5.22. The van der Waals surface area contributed by atoms with Gasteiger partial charge in [0, 0.05) is 30.8 Å². The number of aromatic carboxylic acids is 1. The van der Waals surface area contributed by atoms with E-state index in [9.17, 15) is 19.1 Å². The van der Waals surface area contributed by atoms with Crippen molar-refractivity contribution in [3.63, 3.8) is 0 Å². The Labute approximate surface area is 166 Å². The number of carboxylic acids is 1. The second-order valence-corrected chi connectivity index (χ2v) is 8.45. The third kappa shape index (κ3) is 3.56. The number of benzene rings is 1. The number of carbonyl (C=O) groups is 2. The maximum atomic E-state index is 13.7. The van der Waals surface area contributed by atoms with Crippen LogP contribution in [0.25, 0.3) is 0 Å². The summed E-state index contributed by atoms with van der Waals surface area (Å²) >= 11 is 1.33. The van der Waals surface area contributed by atoms with Gasteiger partial charge in [-0.1, -0.05) is 18.2 Å². The molecule has 0 saturated carbocycles. The van der Waals surface area contributed by atoms with E-state index in [1.807, 2.05) is 4.90 Å². The molecule has 3 heterocycles. The fraction of sp³-hybridized carbons (Fsp3) is 0.429. The van der Waals surface area contributed by atoms with Crippen LogP contribution >= 0.6 is 11.3 Å². The SMILES string of the molecule is O=C(O)c1cc2c(s1)CCOC21CCN(C(=O)CCc2ccccc2F)CC1. The molecule has 7 heteroatoms. The zero-order chi connectivity index (χ0) is 19.7. The van der Waals surface area contributed by atoms with Crippen molar-refractivity contribution in [2.24, 2.45) is 0 Å². The van der Waals surface area contributed by atoms with Gasteiger partial charge in [-0.15, -0.1) is 11.3 Å². The predicted octanol–water partition coefficient (Wildman–Crippen LogP) is 3.61. The molecule has 28 heavy (non-hydrogen) atoms. The van der Waals surface area contributed by atoms with E-state index in [1.54, 1.807) is 24.3 Å². The third-order valence-corrected chi connectivity index (χ3v) is 6.89. The highest BCUT2D eigenvalue weighted by Gasteiger charge is 2.43. The molecule has 1 amide bonds. The van der Waals surface area contributed by atoms with Crippen molar-refractivity contribution in [1.29, 1.82) is 0 Å². The second kappa shape index (κ2) is 7.64. The van der Waals surface area contributed by atoms with E-state index < -0.39 is 11.6 Å². The molecule has 2 aliphatic heterocycles. The second-order valence-electron chi connectivity index (χ2n) is 7.32. The number of likely N-dealkylation sites (tertiary alicyclic amines) is 1. The standard InChI is InChI=1S/C21H22FNO4S/c22-16-4-2-1-3-14(16)5-6-19(24)23-10-8-21(9-11-23)15-13-18(20(25)26)28-17(15)7-12-27-21/h1-4,13H,5-12H2,(H,25,26). The van der Waals surface area contributed by atoms with Crippen LogP contribution in [0, 0.1) is 5.82 Å². The minimum absolute atomic E-state index is 0.0191. The average molecular weight is 403 g/mol. The zero-order valence-corrected chi connectivity index (χ0v) is 16.3. The summed E-state index contributed by atoms with van der Waals surface area (Å²) in [5, 5.41) is 9.30. The number of carbonyl (C=O) groups excluding carboxylic acids is 1. The van der Waals surface area contributed by atoms with Gasteiger partial charge in [0.1, 0.15) is 10.7 Å². The van der Waals surface area contributed by atoms with E-state index in [-0.39, 0.29) is 18.1 Å². The first-order chi connectivity index (χ1) is 13.5. The molecule has 2 aliphatic rings. The van der Waals surface area contributed by atoms with Crippen molar-refractivity contribution in [2.45, 2.75) is 37.7 Å². The third-order valence-electron chi connectivity index (χ3n) is 5.71. The van der Waals surface area contributed by atoms with Gasteiger partial charge in [0.15, 0.2) is 0 Å². The Kier molecular flexibility index (Phi) is 5.21. The Hall–Kier alpha value is -2.25. The Balaban J connectivity index is 1.40. The topological polar surface area (TPSA) is 66.8 Å². The number of nitrogens with zero attached hydrogens (tertiary/aromatic N) is 1. The number of ether oxygens (including phenoxy) is 1. The van der Waals surface area contributed by atoms with E-state index in [1.165, 1.54) is 17.4 Å². The molecule has 0 atom stereocenters. The number of amides is 1. The number of hydrogen-bond donors (Lipinski definition) is 1. The van der Waals surface area contributed by atoms with Gasteiger partial charge in [-0.25, -0.2) is 9.18 Å². The van der Waals surface area contributed by atoms with Crippen LogP contribution in [0.1, 0.15) is 44.9 Å². The molecule has 1 saturated heterocycles. The Bertz CT molecular complexity index is 902. The van der Waals surface area contributed by atoms with Gasteiger partial charge < -0.3 is 14.7 Å². The Morgan fingerprint density at radius 1 is 1.25 bits per heavy atom. The lowest BCUT2D eigenvalue weighted by molar-refractivity contribution is -0.140. The first-order valence-electron chi connectivity index (χ1n) is 9.50. The highest BCUT2D eigenvalue weighted by atomic mass is 32.1. The molecule has 0 aliphatic carbocycles. The summed E-state index contributed by atoms with van der Waals surface area (Å²) in [4.78, 5) is 27.2. The number of piperidine rings is 1. The van der Waals surface area contributed by atoms with Crippen LogP contribution in [-0.2, 0) is 28.0 Å². The van der Waals surface area contributed by atoms with E-state index in [2.05, 4.69) is 0 Å². The minimum atomic E-state index is -0.907. The summed E-state index contributed by atoms with van der Waals surface area (Å²) in [5.74, 6) is -1.16. The highest BCUT2D eigenvalue weighted by molar-refractivity contribution is 7.14. The predicted molar refractivity (Wildman–Crippen MR) is 103 cm³/mol. The van der Waals surface area contributed by atoms with Crippen LogP contribution < -0.4 is 0 Å². The number of rotatable bonds is 4. The van der Waals surface area contributed by atoms with Gasteiger partial charge in [0.25, 0.3) is 0 Å². The fourth-order valence-electron chi connectivity index (χ4n) is 4.15. The van der Waals surface area contributed by atoms with Crippen LogP contribution in [0.3, 0.4) is 0 Å². The van der Waals surface area contributed by atoms with Crippen LogP contribution in [0.2, 0.25) is 0 Å². The first-order valence-corrected chi connectivity index (χ1v) is 10.3. The van der Waals surface area contributed by atoms with Crippen molar-refractivity contribution >= 4 is 23.2 Å². The Morgan fingerprint density at radius 3 is 2.71 bits per heavy atom. The van der Waals surface area contributed by atoms with Crippen LogP contribution in [0.15, 0.2) is 30.3 Å². The van der Waals surface area contributed by atoms with E-state index in [0.717, 1.165) is 16.9 Å². The lowest BCUT2D eigenvalue weighted by Crippen LogP contribution is -2.48. The normalized spacial score (nSPS) is 18.1. The van der Waals surface area contributed by atoms with Crippen LogP contribution in [0.4, 0.5) is 4.39 Å². The first kappa shape index (κ1) is 19.1. The van der Waals surface area contributed by atoms with Crippen LogP contribution in [0.5, 0.6) is 0 Å². The molecule has 148 valence electrons. The largest absolute Gasteiger partial charge is 0.477 e. The van der Waals surface area contributed by atoms with Crippen molar-refractivity contribution in [2.75, 3.05) is 19.7 Å². The molecule has 0 bridgehead atoms. The van der Waals surface area contributed by atoms with Gasteiger partial charge in [-0.05, 0) is 42.5 Å². The summed E-state index contributed by atoms with van der Waals surface area (Å²) in [6.45, 7) is 1.70. The Morgan fingerprint density at radius 2 is 2.00 bits per heavy atom. The molecular formula is C21H22FNO4S. The zero-order valence-electron chi connectivity index (χ0n) is 15.4. The van der Waals surface area contributed by atoms with E-state index in [0.29, 0.717) is 49.4 Å². The summed E-state index contributed by atoms with van der Waals surface area (Å²) in [6, 6.07) is 8.29. The van der Waals surface area contributed by atoms with Gasteiger partial charge in [0.2, 0.25) is 5.91 Å². The molecule has 0 unspecified atom stereocenters. The number of thiophene rings is 1. The number of hydrogen-bond acceptors (Lipinski definition) is 4. The molecule has 1 aromatic carbocycles. The quantitative estimate of drug-likeness (QED) is 0.847. The minimum Gasteiger partial charge on any atom is -0.477 e. The van der Waals surface area contributed by atoms with Gasteiger partial charge in [0.05, 0.1) is 12.2 Å². The number of carboxylic acid groups (broad SMARTS) is 1. The van der Waals surface area contributed by atoms with Crippen LogP contribution in [-0.4, -0.2) is 41.6 Å². The van der Waals surface area contributed by atoms with Crippen molar-refractivity contribution in [1.82, 2.24) is 4.90 Å².